The van der Waals surface area contributed by atoms with Gasteiger partial charge >= 0.3 is 0 Å². The van der Waals surface area contributed by atoms with E-state index in [9.17, 15) is 0 Å². The fourth-order valence-corrected chi connectivity index (χ4v) is 10.8. The molecule has 0 atom stereocenters. The Hall–Kier alpha value is -1.56. The van der Waals surface area contributed by atoms with Gasteiger partial charge in [0.05, 0.1) is 0 Å². The van der Waals surface area contributed by atoms with Crippen LogP contribution >= 0.6 is 0 Å². The molecule has 0 fully saturated rings. The van der Waals surface area contributed by atoms with Gasteiger partial charge in [-0.2, -0.15) is 0 Å². The molecule has 2 aromatic carbocycles. The molecular weight excluding hydrogens is 432 g/mol. The summed E-state index contributed by atoms with van der Waals surface area (Å²) in [7, 11) is 0. The summed E-state index contributed by atoms with van der Waals surface area (Å²) in [6.45, 7) is 45.0. The van der Waals surface area contributed by atoms with Gasteiger partial charge in [-0.25, -0.2) is 0 Å². The van der Waals surface area contributed by atoms with E-state index >= 15 is 0 Å². The van der Waals surface area contributed by atoms with Crippen LogP contribution in [0.15, 0.2) is 0 Å². The van der Waals surface area contributed by atoms with Crippen molar-refractivity contribution in [3.05, 3.63) is 66.8 Å². The normalized spacial score (nSPS) is 23.5. The number of hydrogen-bond acceptors (Lipinski definition) is 0. The molecule has 0 unspecified atom stereocenters. The first-order valence-electron chi connectivity index (χ1n) is 14.2. The van der Waals surface area contributed by atoms with Gasteiger partial charge in [0, 0.05) is 0 Å². The van der Waals surface area contributed by atoms with Crippen LogP contribution in [0.3, 0.4) is 0 Å². The Balaban J connectivity index is 2.23. The van der Waals surface area contributed by atoms with Crippen molar-refractivity contribution in [3.8, 4) is 0 Å². The quantitative estimate of drug-likeness (QED) is 0.376. The molecule has 4 rings (SSSR count). The molecule has 0 saturated heterocycles. The van der Waals surface area contributed by atoms with Gasteiger partial charge in [0.15, 0.2) is 0 Å². The van der Waals surface area contributed by atoms with E-state index in [1.165, 1.54) is 44.5 Å². The molecule has 36 heavy (non-hydrogen) atoms. The van der Waals surface area contributed by atoms with E-state index in [1.807, 2.05) is 0 Å². The topological polar surface area (TPSA) is 0 Å². The molecule has 0 N–H and O–H groups in total. The standard InChI is InChI=1S/C36H54/c1-19-20(2)24(6)28-27(23(19)5)31(9,10)35(17,32(28,11)12)36(18)33(13,14)29-25(7)21(3)22(4)26(8)30(29)34(36,15)16/h1-18H3. The van der Waals surface area contributed by atoms with Gasteiger partial charge in [0.25, 0.3) is 0 Å². The number of rotatable bonds is 1. The Bertz CT molecular complexity index is 1120. The molecule has 0 heterocycles. The zero-order valence-electron chi connectivity index (χ0n) is 27.0. The third-order valence-corrected chi connectivity index (χ3v) is 13.9. The SMILES string of the molecule is Cc1c(C)c(C)c2c(c1C)C(C)(C)C(C)(C1(C)C(C)(C)c3c(C)c(C)c(C)c(C)c3C1(C)C)C2(C)C. The van der Waals surface area contributed by atoms with Crippen LogP contribution in [0.25, 0.3) is 0 Å². The lowest BCUT2D eigenvalue weighted by molar-refractivity contribution is -0.122. The molecule has 0 saturated carbocycles. The van der Waals surface area contributed by atoms with Crippen LogP contribution in [0.5, 0.6) is 0 Å². The zero-order chi connectivity index (χ0) is 27.9. The Morgan fingerprint density at radius 1 is 0.250 bits per heavy atom. The summed E-state index contributed by atoms with van der Waals surface area (Å²) in [6, 6.07) is 0. The summed E-state index contributed by atoms with van der Waals surface area (Å²) >= 11 is 0. The molecule has 2 aromatic rings. The second-order valence-corrected chi connectivity index (χ2v) is 15.2. The highest BCUT2D eigenvalue weighted by atomic mass is 14.8. The summed E-state index contributed by atoms with van der Waals surface area (Å²) in [5, 5.41) is 0. The van der Waals surface area contributed by atoms with Crippen LogP contribution in [0.1, 0.15) is 136 Å². The number of benzene rings is 2. The van der Waals surface area contributed by atoms with Crippen LogP contribution in [0.2, 0.25) is 0 Å². The van der Waals surface area contributed by atoms with E-state index in [0.29, 0.717) is 0 Å². The van der Waals surface area contributed by atoms with E-state index < -0.39 is 0 Å². The summed E-state index contributed by atoms with van der Waals surface area (Å²) in [4.78, 5) is 0. The highest BCUT2D eigenvalue weighted by Crippen LogP contribution is 2.80. The summed E-state index contributed by atoms with van der Waals surface area (Å²) in [5.41, 5.74) is 18.5. The maximum Gasteiger partial charge on any atom is -0.00299 e. The number of fused-ring (bicyclic) bond motifs is 2. The average molecular weight is 487 g/mol. The van der Waals surface area contributed by atoms with Crippen molar-refractivity contribution in [2.75, 3.05) is 0 Å². The Kier molecular flexibility index (Phi) is 5.41. The van der Waals surface area contributed by atoms with Gasteiger partial charge in [-0.1, -0.05) is 69.2 Å². The van der Waals surface area contributed by atoms with Crippen LogP contribution in [-0.4, -0.2) is 0 Å². The zero-order valence-corrected chi connectivity index (χ0v) is 27.0. The van der Waals surface area contributed by atoms with Crippen molar-refractivity contribution < 1.29 is 0 Å². The average Bonchev–Trinajstić information content (AvgIpc) is 2.98. The molecule has 0 bridgehead atoms. The molecule has 0 aromatic heterocycles. The van der Waals surface area contributed by atoms with Gasteiger partial charge in [-0.15, -0.1) is 0 Å². The highest BCUT2D eigenvalue weighted by Gasteiger charge is 2.77. The fraction of sp³-hybridized carbons (Fsp3) is 0.667. The van der Waals surface area contributed by atoms with E-state index in [-0.39, 0.29) is 32.5 Å². The number of hydrogen-bond donors (Lipinski definition) is 0. The van der Waals surface area contributed by atoms with E-state index in [2.05, 4.69) is 125 Å². The van der Waals surface area contributed by atoms with Gasteiger partial charge in [0.1, 0.15) is 0 Å². The molecule has 0 aliphatic heterocycles. The predicted molar refractivity (Wildman–Crippen MR) is 159 cm³/mol. The van der Waals surface area contributed by atoms with Crippen LogP contribution in [0.4, 0.5) is 0 Å². The third kappa shape index (κ3) is 2.41. The molecule has 0 radical (unpaired) electrons. The summed E-state index contributed by atoms with van der Waals surface area (Å²) < 4.78 is 0. The van der Waals surface area contributed by atoms with Gasteiger partial charge in [-0.05, 0) is 155 Å². The minimum absolute atomic E-state index is 0.00219. The molecule has 0 nitrogen and oxygen atoms in total. The van der Waals surface area contributed by atoms with Crippen LogP contribution in [-0.2, 0) is 21.7 Å². The van der Waals surface area contributed by atoms with Crippen LogP contribution < -0.4 is 0 Å². The molecular formula is C36H54. The summed E-state index contributed by atoms with van der Waals surface area (Å²) in [5.74, 6) is 0. The predicted octanol–water partition coefficient (Wildman–Crippen LogP) is 10.0. The molecule has 0 spiro atoms. The lowest BCUT2D eigenvalue weighted by Gasteiger charge is -2.66. The first-order chi connectivity index (χ1) is 16.0. The van der Waals surface area contributed by atoms with E-state index in [1.54, 1.807) is 22.3 Å². The monoisotopic (exact) mass is 486 g/mol. The Labute approximate surface area is 223 Å². The Morgan fingerprint density at radius 3 is 0.528 bits per heavy atom. The Morgan fingerprint density at radius 2 is 0.389 bits per heavy atom. The lowest BCUT2D eigenvalue weighted by Crippen LogP contribution is -2.65. The van der Waals surface area contributed by atoms with Crippen molar-refractivity contribution >= 4 is 0 Å². The van der Waals surface area contributed by atoms with Crippen molar-refractivity contribution in [3.63, 3.8) is 0 Å². The van der Waals surface area contributed by atoms with E-state index in [4.69, 9.17) is 0 Å². The lowest BCUT2D eigenvalue weighted by atomic mass is 9.36. The minimum atomic E-state index is -0.00219. The van der Waals surface area contributed by atoms with Crippen LogP contribution in [0, 0.1) is 66.2 Å². The fourth-order valence-electron chi connectivity index (χ4n) is 10.8. The van der Waals surface area contributed by atoms with E-state index in [0.717, 1.165) is 0 Å². The largest absolute Gasteiger partial charge is 0.0574 e. The molecule has 2 aliphatic carbocycles. The van der Waals surface area contributed by atoms with Crippen molar-refractivity contribution in [1.29, 1.82) is 0 Å². The third-order valence-electron chi connectivity index (χ3n) is 13.9. The smallest absolute Gasteiger partial charge is 0.00299 e. The van der Waals surface area contributed by atoms with Gasteiger partial charge in [-0.3, -0.25) is 0 Å². The van der Waals surface area contributed by atoms with Crippen molar-refractivity contribution in [2.24, 2.45) is 10.8 Å². The van der Waals surface area contributed by atoms with Crippen molar-refractivity contribution in [1.82, 2.24) is 0 Å². The molecule has 2 aliphatic rings. The second-order valence-electron chi connectivity index (χ2n) is 15.2. The highest BCUT2D eigenvalue weighted by molar-refractivity contribution is 5.66. The van der Waals surface area contributed by atoms with Gasteiger partial charge in [0.2, 0.25) is 0 Å². The maximum absolute atomic E-state index is 2.68. The molecule has 0 heteroatoms. The first kappa shape index (κ1) is 27.5. The van der Waals surface area contributed by atoms with Crippen molar-refractivity contribution in [2.45, 2.75) is 146 Å². The molecule has 198 valence electrons. The molecule has 0 amide bonds. The second kappa shape index (κ2) is 7.09. The summed E-state index contributed by atoms with van der Waals surface area (Å²) in [6.07, 6.45) is 0. The maximum atomic E-state index is 2.68. The minimum Gasteiger partial charge on any atom is -0.0574 e. The first-order valence-corrected chi connectivity index (χ1v) is 14.2. The van der Waals surface area contributed by atoms with Gasteiger partial charge < -0.3 is 0 Å².